The summed E-state index contributed by atoms with van der Waals surface area (Å²) in [4.78, 5) is 24.4. The van der Waals surface area contributed by atoms with Gasteiger partial charge in [-0.25, -0.2) is 4.79 Å². The number of urea groups is 1. The summed E-state index contributed by atoms with van der Waals surface area (Å²) in [6, 6.07) is 6.89. The lowest BCUT2D eigenvalue weighted by molar-refractivity contribution is -0.135. The molecule has 0 radical (unpaired) electrons. The quantitative estimate of drug-likeness (QED) is 0.867. The standard InChI is InChI=1S/C15H20N2O3/c1-11-3-5-12(6-4-11)17(9-13(18)19)14(20)16-10-15(2)7-8-15/h3-6H,7-10H2,1-2H3,(H,16,20)(H,18,19). The van der Waals surface area contributed by atoms with Crippen LogP contribution in [0.25, 0.3) is 0 Å². The maximum atomic E-state index is 12.2. The van der Waals surface area contributed by atoms with Crippen LogP contribution in [0.5, 0.6) is 0 Å². The van der Waals surface area contributed by atoms with E-state index in [9.17, 15) is 9.59 Å². The van der Waals surface area contributed by atoms with Crippen LogP contribution in [0.1, 0.15) is 25.3 Å². The van der Waals surface area contributed by atoms with Gasteiger partial charge in [0.1, 0.15) is 6.54 Å². The van der Waals surface area contributed by atoms with Gasteiger partial charge >= 0.3 is 12.0 Å². The van der Waals surface area contributed by atoms with Crippen molar-refractivity contribution in [3.63, 3.8) is 0 Å². The van der Waals surface area contributed by atoms with Crippen molar-refractivity contribution in [2.75, 3.05) is 18.0 Å². The monoisotopic (exact) mass is 276 g/mol. The molecule has 1 aliphatic rings. The Morgan fingerprint density at radius 1 is 1.30 bits per heavy atom. The molecule has 2 N–H and O–H groups in total. The third kappa shape index (κ3) is 3.73. The minimum atomic E-state index is -1.03. The minimum Gasteiger partial charge on any atom is -0.480 e. The van der Waals surface area contributed by atoms with Crippen molar-refractivity contribution in [3.05, 3.63) is 29.8 Å². The highest BCUT2D eigenvalue weighted by molar-refractivity contribution is 5.96. The summed E-state index contributed by atoms with van der Waals surface area (Å²) < 4.78 is 0. The molecular formula is C15H20N2O3. The Morgan fingerprint density at radius 2 is 1.90 bits per heavy atom. The number of hydrogen-bond donors (Lipinski definition) is 2. The number of benzene rings is 1. The molecule has 0 spiro atoms. The average molecular weight is 276 g/mol. The Labute approximate surface area is 118 Å². The topological polar surface area (TPSA) is 69.6 Å². The molecule has 1 fully saturated rings. The number of amides is 2. The van der Waals surface area contributed by atoms with Crippen molar-refractivity contribution in [1.82, 2.24) is 5.32 Å². The van der Waals surface area contributed by atoms with Crippen molar-refractivity contribution in [3.8, 4) is 0 Å². The maximum absolute atomic E-state index is 12.2. The molecular weight excluding hydrogens is 256 g/mol. The number of carboxylic acid groups (broad SMARTS) is 1. The van der Waals surface area contributed by atoms with Gasteiger partial charge in [0, 0.05) is 12.2 Å². The number of hydrogen-bond acceptors (Lipinski definition) is 2. The lowest BCUT2D eigenvalue weighted by Crippen LogP contribution is -2.44. The van der Waals surface area contributed by atoms with Crippen LogP contribution in [0, 0.1) is 12.3 Å². The first-order valence-electron chi connectivity index (χ1n) is 6.73. The summed E-state index contributed by atoms with van der Waals surface area (Å²) in [6.07, 6.45) is 2.22. The van der Waals surface area contributed by atoms with Gasteiger partial charge in [-0.15, -0.1) is 0 Å². The lowest BCUT2D eigenvalue weighted by atomic mass is 10.1. The molecule has 20 heavy (non-hydrogen) atoms. The van der Waals surface area contributed by atoms with E-state index in [0.717, 1.165) is 18.4 Å². The Bertz CT molecular complexity index is 506. The summed E-state index contributed by atoms with van der Waals surface area (Å²) in [6.45, 7) is 4.30. The molecule has 5 nitrogen and oxygen atoms in total. The number of nitrogens with one attached hydrogen (secondary N) is 1. The third-order valence-electron chi connectivity index (χ3n) is 3.65. The van der Waals surface area contributed by atoms with Gasteiger partial charge in [0.15, 0.2) is 0 Å². The molecule has 1 aliphatic carbocycles. The number of carbonyl (C=O) groups excluding carboxylic acids is 1. The molecule has 2 amide bonds. The summed E-state index contributed by atoms with van der Waals surface area (Å²) in [5.74, 6) is -1.03. The lowest BCUT2D eigenvalue weighted by Gasteiger charge is -2.22. The van der Waals surface area contributed by atoms with E-state index in [2.05, 4.69) is 12.2 Å². The van der Waals surface area contributed by atoms with Crippen LogP contribution < -0.4 is 10.2 Å². The molecule has 5 heteroatoms. The highest BCUT2D eigenvalue weighted by Gasteiger charge is 2.37. The van der Waals surface area contributed by atoms with Crippen molar-refractivity contribution in [2.24, 2.45) is 5.41 Å². The number of carbonyl (C=O) groups is 2. The highest BCUT2D eigenvalue weighted by Crippen LogP contribution is 2.44. The van der Waals surface area contributed by atoms with Gasteiger partial charge in [0.2, 0.25) is 0 Å². The van der Waals surface area contributed by atoms with Crippen LogP contribution in [0.3, 0.4) is 0 Å². The fourth-order valence-corrected chi connectivity index (χ4v) is 1.91. The fourth-order valence-electron chi connectivity index (χ4n) is 1.91. The smallest absolute Gasteiger partial charge is 0.323 e. The number of aliphatic carboxylic acids is 1. The Kier molecular flexibility index (Phi) is 3.97. The Morgan fingerprint density at radius 3 is 2.40 bits per heavy atom. The number of aryl methyl sites for hydroxylation is 1. The first-order chi connectivity index (χ1) is 9.39. The Hall–Kier alpha value is -2.04. The second-order valence-corrected chi connectivity index (χ2v) is 5.78. The SMILES string of the molecule is Cc1ccc(N(CC(=O)O)C(=O)NCC2(C)CC2)cc1. The van der Waals surface area contributed by atoms with Gasteiger partial charge in [-0.3, -0.25) is 9.69 Å². The van der Waals surface area contributed by atoms with Crippen LogP contribution in [-0.4, -0.2) is 30.2 Å². The van der Waals surface area contributed by atoms with Crippen LogP contribution in [0.2, 0.25) is 0 Å². The molecule has 1 saturated carbocycles. The zero-order chi connectivity index (χ0) is 14.8. The van der Waals surface area contributed by atoms with Gasteiger partial charge in [-0.05, 0) is 37.3 Å². The molecule has 0 heterocycles. The summed E-state index contributed by atoms with van der Waals surface area (Å²) in [5, 5.41) is 11.8. The van der Waals surface area contributed by atoms with Crippen LogP contribution in [0.4, 0.5) is 10.5 Å². The van der Waals surface area contributed by atoms with E-state index in [1.165, 1.54) is 4.90 Å². The number of nitrogens with zero attached hydrogens (tertiary/aromatic N) is 1. The van der Waals surface area contributed by atoms with Gasteiger partial charge < -0.3 is 10.4 Å². The van der Waals surface area contributed by atoms with E-state index < -0.39 is 5.97 Å². The van der Waals surface area contributed by atoms with Crippen molar-refractivity contribution < 1.29 is 14.7 Å². The van der Waals surface area contributed by atoms with Crippen LogP contribution >= 0.6 is 0 Å². The molecule has 1 aromatic rings. The third-order valence-corrected chi connectivity index (χ3v) is 3.65. The average Bonchev–Trinajstić information content (AvgIpc) is 3.13. The normalized spacial score (nSPS) is 15.5. The van der Waals surface area contributed by atoms with Gasteiger partial charge in [0.25, 0.3) is 0 Å². The first-order valence-corrected chi connectivity index (χ1v) is 6.73. The second kappa shape index (κ2) is 5.53. The fraction of sp³-hybridized carbons (Fsp3) is 0.467. The molecule has 0 unspecified atom stereocenters. The van der Waals surface area contributed by atoms with Crippen molar-refractivity contribution >= 4 is 17.7 Å². The van der Waals surface area contributed by atoms with E-state index in [1.54, 1.807) is 12.1 Å². The molecule has 0 saturated heterocycles. The van der Waals surface area contributed by atoms with Crippen molar-refractivity contribution in [1.29, 1.82) is 0 Å². The largest absolute Gasteiger partial charge is 0.480 e. The van der Waals surface area contributed by atoms with E-state index in [-0.39, 0.29) is 18.0 Å². The number of carboxylic acids is 1. The van der Waals surface area contributed by atoms with E-state index in [4.69, 9.17) is 5.11 Å². The summed E-state index contributed by atoms with van der Waals surface area (Å²) in [7, 11) is 0. The van der Waals surface area contributed by atoms with Gasteiger partial charge in [-0.2, -0.15) is 0 Å². The van der Waals surface area contributed by atoms with Crippen molar-refractivity contribution in [2.45, 2.75) is 26.7 Å². The first kappa shape index (κ1) is 14.4. The molecule has 0 aromatic heterocycles. The molecule has 0 atom stereocenters. The van der Waals surface area contributed by atoms with Gasteiger partial charge in [0.05, 0.1) is 0 Å². The van der Waals surface area contributed by atoms with E-state index in [1.807, 2.05) is 19.1 Å². The second-order valence-electron chi connectivity index (χ2n) is 5.78. The molecule has 0 aliphatic heterocycles. The zero-order valence-corrected chi connectivity index (χ0v) is 11.8. The highest BCUT2D eigenvalue weighted by atomic mass is 16.4. The molecule has 1 aromatic carbocycles. The number of anilines is 1. The zero-order valence-electron chi connectivity index (χ0n) is 11.8. The van der Waals surface area contributed by atoms with E-state index >= 15 is 0 Å². The molecule has 108 valence electrons. The summed E-state index contributed by atoms with van der Waals surface area (Å²) in [5.41, 5.74) is 1.85. The summed E-state index contributed by atoms with van der Waals surface area (Å²) >= 11 is 0. The van der Waals surface area contributed by atoms with E-state index in [0.29, 0.717) is 12.2 Å². The predicted octanol–water partition coefficient (Wildman–Crippen LogP) is 2.40. The number of rotatable bonds is 5. The molecule has 2 rings (SSSR count). The maximum Gasteiger partial charge on any atom is 0.323 e. The van der Waals surface area contributed by atoms with Gasteiger partial charge in [-0.1, -0.05) is 24.6 Å². The predicted molar refractivity (Wildman–Crippen MR) is 76.9 cm³/mol. The van der Waals surface area contributed by atoms with Crippen LogP contribution in [0.15, 0.2) is 24.3 Å². The minimum absolute atomic E-state index is 0.192. The van der Waals surface area contributed by atoms with Crippen LogP contribution in [-0.2, 0) is 4.79 Å². The Balaban J connectivity index is 2.07. The molecule has 0 bridgehead atoms.